The third-order valence-corrected chi connectivity index (χ3v) is 7.44. The van der Waals surface area contributed by atoms with E-state index in [-0.39, 0.29) is 11.8 Å². The van der Waals surface area contributed by atoms with Crippen molar-refractivity contribution in [1.29, 1.82) is 0 Å². The Hall–Kier alpha value is -2.10. The molecular formula is C29H45BF2N2O4. The van der Waals surface area contributed by atoms with Crippen molar-refractivity contribution < 1.29 is 27.7 Å². The number of ketones is 1. The summed E-state index contributed by atoms with van der Waals surface area (Å²) in [4.78, 5) is 26.5. The Morgan fingerprint density at radius 1 is 1.26 bits per heavy atom. The van der Waals surface area contributed by atoms with Gasteiger partial charge in [0.15, 0.2) is 5.78 Å². The first-order valence-electron chi connectivity index (χ1n) is 13.3. The van der Waals surface area contributed by atoms with Gasteiger partial charge in [0, 0.05) is 5.57 Å². The molecule has 1 aliphatic heterocycles. The molecule has 9 heteroatoms. The molecule has 1 heterocycles. The summed E-state index contributed by atoms with van der Waals surface area (Å²) in [6.45, 7) is 21.4. The van der Waals surface area contributed by atoms with Gasteiger partial charge in [0.25, 0.3) is 5.91 Å². The van der Waals surface area contributed by atoms with Crippen LogP contribution in [0.1, 0.15) is 82.1 Å². The molecule has 1 fully saturated rings. The van der Waals surface area contributed by atoms with Crippen LogP contribution in [-0.2, 0) is 18.9 Å². The van der Waals surface area contributed by atoms with Crippen molar-refractivity contribution >= 4 is 18.8 Å². The second kappa shape index (κ2) is 12.0. The van der Waals surface area contributed by atoms with Crippen LogP contribution in [-0.4, -0.2) is 53.3 Å². The highest BCUT2D eigenvalue weighted by atomic mass is 19.1. The molecule has 0 bridgehead atoms. The topological polar surface area (TPSA) is 67.9 Å². The minimum atomic E-state index is -1.99. The third kappa shape index (κ3) is 7.51. The highest BCUT2D eigenvalue weighted by Gasteiger charge is 2.51. The maximum Gasteiger partial charge on any atom is 0.490 e. The van der Waals surface area contributed by atoms with Gasteiger partial charge in [-0.05, 0) is 79.6 Å². The fourth-order valence-electron chi connectivity index (χ4n) is 4.47. The number of hydrogen-bond donors (Lipinski definition) is 1. The second-order valence-corrected chi connectivity index (χ2v) is 12.4. The number of amides is 1. The monoisotopic (exact) mass is 534 g/mol. The molecule has 1 aliphatic carbocycles. The van der Waals surface area contributed by atoms with Crippen LogP contribution in [0, 0.1) is 11.8 Å². The molecule has 212 valence electrons. The van der Waals surface area contributed by atoms with E-state index in [0.29, 0.717) is 11.0 Å². The molecule has 0 aromatic rings. The summed E-state index contributed by atoms with van der Waals surface area (Å²) in [5.74, 6) is -3.68. The van der Waals surface area contributed by atoms with Crippen LogP contribution in [0.4, 0.5) is 8.78 Å². The summed E-state index contributed by atoms with van der Waals surface area (Å²) < 4.78 is 41.6. The summed E-state index contributed by atoms with van der Waals surface area (Å²) in [6.07, 6.45) is 4.69. The molecule has 38 heavy (non-hydrogen) atoms. The number of hydrogen-bond acceptors (Lipinski definition) is 5. The van der Waals surface area contributed by atoms with Gasteiger partial charge >= 0.3 is 7.12 Å². The van der Waals surface area contributed by atoms with Crippen molar-refractivity contribution in [3.8, 4) is 0 Å². The first kappa shape index (κ1) is 32.1. The zero-order chi connectivity index (χ0) is 29.2. The van der Waals surface area contributed by atoms with Gasteiger partial charge in [-0.15, -0.1) is 0 Å². The number of carbonyl (C=O) groups excluding carboxylic acids is 2. The van der Waals surface area contributed by atoms with Gasteiger partial charge in [-0.25, -0.2) is 14.2 Å². The normalized spacial score (nSPS) is 22.9. The van der Waals surface area contributed by atoms with Crippen LogP contribution >= 0.6 is 0 Å². The van der Waals surface area contributed by atoms with E-state index in [1.165, 1.54) is 10.6 Å². The van der Waals surface area contributed by atoms with Gasteiger partial charge in [-0.2, -0.15) is 0 Å². The number of carbonyl (C=O) groups is 2. The Labute approximate surface area is 227 Å². The van der Waals surface area contributed by atoms with Crippen molar-refractivity contribution in [3.05, 3.63) is 47.3 Å². The molecule has 0 spiro atoms. The lowest BCUT2D eigenvalue weighted by atomic mass is 9.77. The lowest BCUT2D eigenvalue weighted by Crippen LogP contribution is -2.56. The molecular weight excluding hydrogens is 489 g/mol. The Morgan fingerprint density at radius 2 is 1.82 bits per heavy atom. The molecule has 3 unspecified atom stereocenters. The fourth-order valence-corrected chi connectivity index (χ4v) is 4.47. The Bertz CT molecular complexity index is 1010. The largest absolute Gasteiger partial charge is 0.490 e. The number of rotatable bonds is 10. The van der Waals surface area contributed by atoms with E-state index in [1.807, 2.05) is 74.5 Å². The van der Waals surface area contributed by atoms with E-state index in [1.54, 1.807) is 6.92 Å². The summed E-state index contributed by atoms with van der Waals surface area (Å²) in [7, 11) is -0.818. The van der Waals surface area contributed by atoms with Crippen LogP contribution in [0.25, 0.3) is 0 Å². The smallest absolute Gasteiger partial charge is 0.400 e. The number of Topliss-reactive ketones (excluding diaryl/α,β-unsaturated/α-hetero) is 1. The first-order valence-corrected chi connectivity index (χ1v) is 13.3. The number of halogens is 2. The molecule has 2 aliphatic rings. The zero-order valence-electron chi connectivity index (χ0n) is 24.7. The Morgan fingerprint density at radius 3 is 2.29 bits per heavy atom. The predicted octanol–water partition coefficient (Wildman–Crippen LogP) is 6.01. The van der Waals surface area contributed by atoms with Crippen LogP contribution in [0.3, 0.4) is 0 Å². The van der Waals surface area contributed by atoms with Gasteiger partial charge in [0.05, 0.1) is 23.3 Å². The molecule has 1 amide bonds. The van der Waals surface area contributed by atoms with E-state index < -0.39 is 54.1 Å². The molecule has 0 saturated carbocycles. The van der Waals surface area contributed by atoms with E-state index in [4.69, 9.17) is 9.31 Å². The third-order valence-electron chi connectivity index (χ3n) is 7.44. The highest BCUT2D eigenvalue weighted by Crippen LogP contribution is 2.39. The Kier molecular flexibility index (Phi) is 10.1. The summed E-state index contributed by atoms with van der Waals surface area (Å²) in [6, 6.07) is 0. The lowest BCUT2D eigenvalue weighted by molar-refractivity contribution is -0.137. The first-order chi connectivity index (χ1) is 17.3. The number of nitrogens with zero attached hydrogens (tertiary/aromatic N) is 1. The quantitative estimate of drug-likeness (QED) is 0.275. The molecule has 0 aromatic carbocycles. The maximum absolute atomic E-state index is 15.4. The maximum atomic E-state index is 15.4. The number of allylic oxidation sites excluding steroid dienone is 5. The number of hydrazine groups is 1. The number of nitrogens with one attached hydrogen (secondary N) is 1. The van der Waals surface area contributed by atoms with Gasteiger partial charge in [-0.3, -0.25) is 14.6 Å². The van der Waals surface area contributed by atoms with Gasteiger partial charge in [0.2, 0.25) is 0 Å². The molecule has 0 radical (unpaired) electrons. The van der Waals surface area contributed by atoms with Crippen LogP contribution in [0.5, 0.6) is 0 Å². The number of alkyl halides is 1. The standard InChI is InChI=1S/C29H45BF2N2O4/c1-12-21-13-18(2)14-22(16-21)26(36)34(27(5,6)7)33-17-24(35)25(20(4)31)23(32)15-19(3)30-37-28(8,9)29(10,11)38-30/h14-16,18,23,25,33H,4,12-13,17H2,1-3,5-11H3/b19-15+. The van der Waals surface area contributed by atoms with Gasteiger partial charge in [0.1, 0.15) is 17.9 Å². The molecule has 2 rings (SSSR count). The fraction of sp³-hybridized carbons (Fsp3) is 0.655. The second-order valence-electron chi connectivity index (χ2n) is 12.4. The molecule has 0 aromatic heterocycles. The van der Waals surface area contributed by atoms with E-state index >= 15 is 4.39 Å². The van der Waals surface area contributed by atoms with Crippen LogP contribution < -0.4 is 5.43 Å². The zero-order valence-corrected chi connectivity index (χ0v) is 24.7. The highest BCUT2D eigenvalue weighted by molar-refractivity contribution is 6.54. The minimum Gasteiger partial charge on any atom is -0.400 e. The molecule has 1 N–H and O–H groups in total. The van der Waals surface area contributed by atoms with E-state index in [0.717, 1.165) is 18.9 Å². The average molecular weight is 534 g/mol. The van der Waals surface area contributed by atoms with E-state index in [2.05, 4.69) is 12.0 Å². The van der Waals surface area contributed by atoms with Crippen molar-refractivity contribution in [1.82, 2.24) is 10.4 Å². The van der Waals surface area contributed by atoms with Crippen molar-refractivity contribution in [3.63, 3.8) is 0 Å². The van der Waals surface area contributed by atoms with Gasteiger partial charge < -0.3 is 9.31 Å². The van der Waals surface area contributed by atoms with Crippen molar-refractivity contribution in [2.24, 2.45) is 11.8 Å². The van der Waals surface area contributed by atoms with Crippen LogP contribution in [0.15, 0.2) is 47.3 Å². The molecule has 6 nitrogen and oxygen atoms in total. The van der Waals surface area contributed by atoms with Crippen molar-refractivity contribution in [2.75, 3.05) is 6.54 Å². The van der Waals surface area contributed by atoms with Crippen molar-refractivity contribution in [2.45, 2.75) is 105 Å². The average Bonchev–Trinajstić information content (AvgIpc) is 2.99. The summed E-state index contributed by atoms with van der Waals surface area (Å²) >= 11 is 0. The Balaban J connectivity index is 2.19. The minimum absolute atomic E-state index is 0.211. The predicted molar refractivity (Wildman–Crippen MR) is 148 cm³/mol. The van der Waals surface area contributed by atoms with E-state index in [9.17, 15) is 14.0 Å². The summed E-state index contributed by atoms with van der Waals surface area (Å²) in [5.41, 5.74) is 3.00. The van der Waals surface area contributed by atoms with Crippen LogP contribution in [0.2, 0.25) is 0 Å². The SMILES string of the molecule is C=C(F)C(C(=O)CNN(C(=O)C1=CC(C)CC(CC)=C1)C(C)(C)C)C(F)/C=C(\C)B1OC(C)(C)C(C)(C)O1. The summed E-state index contributed by atoms with van der Waals surface area (Å²) in [5, 5.41) is 1.36. The van der Waals surface area contributed by atoms with Gasteiger partial charge in [-0.1, -0.05) is 44.2 Å². The molecule has 3 atom stereocenters. The lowest BCUT2D eigenvalue weighted by Gasteiger charge is -2.37. The molecule has 1 saturated heterocycles.